The highest BCUT2D eigenvalue weighted by atomic mass is 32.2. The van der Waals surface area contributed by atoms with Gasteiger partial charge in [0.25, 0.3) is 0 Å². The summed E-state index contributed by atoms with van der Waals surface area (Å²) in [5.74, 6) is -2.59. The summed E-state index contributed by atoms with van der Waals surface area (Å²) in [6.45, 7) is 4.50. The zero-order valence-electron chi connectivity index (χ0n) is 19.4. The Morgan fingerprint density at radius 1 is 0.912 bits per heavy atom. The molecule has 11 nitrogen and oxygen atoms in total. The van der Waals surface area contributed by atoms with Crippen molar-refractivity contribution in [3.05, 3.63) is 24.3 Å². The molecule has 34 heavy (non-hydrogen) atoms. The highest BCUT2D eigenvalue weighted by Gasteiger charge is 2.52. The zero-order valence-corrected chi connectivity index (χ0v) is 20.2. The first-order chi connectivity index (χ1) is 16.1. The monoisotopic (exact) mass is 494 g/mol. The average Bonchev–Trinajstić information content (AvgIpc) is 3.05. The van der Waals surface area contributed by atoms with Crippen molar-refractivity contribution in [2.24, 2.45) is 7.05 Å². The summed E-state index contributed by atoms with van der Waals surface area (Å²) in [5.41, 5.74) is 0.685. The number of imidazole rings is 1. The summed E-state index contributed by atoms with van der Waals surface area (Å²) in [6, 6.07) is 7.50. The smallest absolute Gasteiger partial charge is 0.303 e. The normalized spacial score (nSPS) is 24.3. The number of hydrogen-bond acceptors (Lipinski definition) is 11. The fourth-order valence-electron chi connectivity index (χ4n) is 3.62. The Bertz CT molecular complexity index is 1090. The van der Waals surface area contributed by atoms with Crippen LogP contribution in [0.5, 0.6) is 0 Å². The Balaban J connectivity index is 2.02. The molecule has 0 radical (unpaired) electrons. The van der Waals surface area contributed by atoms with E-state index in [1.54, 1.807) is 0 Å². The van der Waals surface area contributed by atoms with Crippen LogP contribution in [0.2, 0.25) is 0 Å². The fraction of sp³-hybridized carbons (Fsp3) is 0.500. The van der Waals surface area contributed by atoms with Crippen molar-refractivity contribution < 1.29 is 42.9 Å². The maximum Gasteiger partial charge on any atom is 0.303 e. The van der Waals surface area contributed by atoms with Gasteiger partial charge in [-0.3, -0.25) is 19.2 Å². The summed E-state index contributed by atoms with van der Waals surface area (Å²) < 4.78 is 29.4. The van der Waals surface area contributed by atoms with Crippen LogP contribution in [0, 0.1) is 0 Å². The number of aryl methyl sites for hydroxylation is 1. The average molecular weight is 495 g/mol. The molecule has 1 saturated heterocycles. The van der Waals surface area contributed by atoms with E-state index >= 15 is 0 Å². The van der Waals surface area contributed by atoms with Gasteiger partial charge in [-0.15, -0.1) is 0 Å². The summed E-state index contributed by atoms with van der Waals surface area (Å²) >= 11 is 1.14. The highest BCUT2D eigenvalue weighted by Crippen LogP contribution is 2.38. The third-order valence-electron chi connectivity index (χ3n) is 4.92. The lowest BCUT2D eigenvalue weighted by Gasteiger charge is -2.43. The van der Waals surface area contributed by atoms with Crippen LogP contribution in [-0.4, -0.2) is 69.9 Å². The van der Waals surface area contributed by atoms with Crippen molar-refractivity contribution in [1.29, 1.82) is 0 Å². The number of nitrogens with zero attached hydrogens (tertiary/aromatic N) is 2. The molecule has 1 aromatic carbocycles. The van der Waals surface area contributed by atoms with Crippen molar-refractivity contribution in [3.63, 3.8) is 0 Å². The third-order valence-corrected chi connectivity index (χ3v) is 6.10. The van der Waals surface area contributed by atoms with Crippen molar-refractivity contribution in [2.75, 3.05) is 6.61 Å². The van der Waals surface area contributed by atoms with Gasteiger partial charge in [0, 0.05) is 34.7 Å². The first-order valence-corrected chi connectivity index (χ1v) is 11.3. The largest absolute Gasteiger partial charge is 0.463 e. The van der Waals surface area contributed by atoms with Crippen molar-refractivity contribution >= 4 is 46.7 Å². The quantitative estimate of drug-likeness (QED) is 0.412. The van der Waals surface area contributed by atoms with E-state index in [4.69, 9.17) is 23.7 Å². The van der Waals surface area contributed by atoms with E-state index < -0.39 is 53.7 Å². The molecule has 0 spiro atoms. The van der Waals surface area contributed by atoms with Gasteiger partial charge in [-0.2, -0.15) is 0 Å². The van der Waals surface area contributed by atoms with Crippen LogP contribution >= 0.6 is 11.8 Å². The molecule has 3 rings (SSSR count). The Morgan fingerprint density at radius 3 is 2.09 bits per heavy atom. The number of aromatic nitrogens is 2. The van der Waals surface area contributed by atoms with Gasteiger partial charge < -0.3 is 28.3 Å². The zero-order chi connectivity index (χ0) is 25.0. The predicted octanol–water partition coefficient (Wildman–Crippen LogP) is 1.75. The topological polar surface area (TPSA) is 132 Å². The van der Waals surface area contributed by atoms with Gasteiger partial charge in [-0.1, -0.05) is 23.9 Å². The molecule has 1 aliphatic rings. The van der Waals surface area contributed by atoms with E-state index in [9.17, 15) is 19.2 Å². The number of carbonyl (C=O) groups excluding carboxylic acids is 4. The van der Waals surface area contributed by atoms with Gasteiger partial charge in [0.15, 0.2) is 28.9 Å². The van der Waals surface area contributed by atoms with Crippen molar-refractivity contribution in [2.45, 2.75) is 62.7 Å². The molecular weight excluding hydrogens is 468 g/mol. The van der Waals surface area contributed by atoms with E-state index in [1.807, 2.05) is 35.9 Å². The molecule has 5 unspecified atom stereocenters. The first kappa shape index (κ1) is 25.5. The van der Waals surface area contributed by atoms with E-state index in [0.29, 0.717) is 5.16 Å². The Labute approximate surface area is 200 Å². The summed E-state index contributed by atoms with van der Waals surface area (Å²) in [7, 11) is 1.82. The molecule has 0 bridgehead atoms. The standard InChI is InChI=1S/C22H26N2O9S/c1-11(25)29-10-17-18(30-12(2)26)19(31-13(3)27)20(32-14(4)28)21(33-17)34-22-23-15-8-6-7-9-16(15)24(22)5/h6-9,17-21H,10H2,1-5H3. The second-order valence-electron chi connectivity index (χ2n) is 7.63. The predicted molar refractivity (Wildman–Crippen MR) is 119 cm³/mol. The summed E-state index contributed by atoms with van der Waals surface area (Å²) in [6.07, 6.45) is -4.56. The minimum absolute atomic E-state index is 0.280. The minimum Gasteiger partial charge on any atom is -0.463 e. The molecule has 1 aromatic heterocycles. The molecule has 5 atom stereocenters. The lowest BCUT2D eigenvalue weighted by molar-refractivity contribution is -0.237. The number of esters is 4. The van der Waals surface area contributed by atoms with Gasteiger partial charge in [-0.05, 0) is 12.1 Å². The maximum absolute atomic E-state index is 11.9. The molecule has 1 aliphatic heterocycles. The number of carbonyl (C=O) groups is 4. The van der Waals surface area contributed by atoms with Crippen LogP contribution in [0.4, 0.5) is 0 Å². The molecule has 2 aromatic rings. The Kier molecular flexibility index (Phi) is 8.15. The number of fused-ring (bicyclic) bond motifs is 1. The highest BCUT2D eigenvalue weighted by molar-refractivity contribution is 7.99. The van der Waals surface area contributed by atoms with Gasteiger partial charge in [-0.25, -0.2) is 4.98 Å². The molecule has 1 fully saturated rings. The van der Waals surface area contributed by atoms with Crippen LogP contribution in [0.3, 0.4) is 0 Å². The van der Waals surface area contributed by atoms with Gasteiger partial charge in [0.05, 0.1) is 11.0 Å². The van der Waals surface area contributed by atoms with Crippen LogP contribution in [0.25, 0.3) is 11.0 Å². The molecule has 0 aliphatic carbocycles. The third kappa shape index (κ3) is 6.06. The molecule has 2 heterocycles. The maximum atomic E-state index is 11.9. The Hall–Kier alpha value is -3.12. The van der Waals surface area contributed by atoms with Gasteiger partial charge >= 0.3 is 23.9 Å². The number of benzene rings is 1. The number of para-hydroxylation sites is 2. The number of rotatable bonds is 7. The van der Waals surface area contributed by atoms with Crippen LogP contribution < -0.4 is 0 Å². The van der Waals surface area contributed by atoms with Gasteiger partial charge in [0.2, 0.25) is 0 Å². The second kappa shape index (κ2) is 10.9. The van der Waals surface area contributed by atoms with Crippen LogP contribution in [-0.2, 0) is 49.9 Å². The molecule has 0 amide bonds. The minimum atomic E-state index is -1.22. The molecule has 0 N–H and O–H groups in total. The van der Waals surface area contributed by atoms with E-state index in [-0.39, 0.29) is 6.61 Å². The number of thioether (sulfide) groups is 1. The lowest BCUT2D eigenvalue weighted by atomic mass is 9.99. The molecule has 12 heteroatoms. The van der Waals surface area contributed by atoms with E-state index in [2.05, 4.69) is 4.98 Å². The Morgan fingerprint density at radius 2 is 1.50 bits per heavy atom. The molecular formula is C22H26N2O9S. The SMILES string of the molecule is CC(=O)OCC1OC(Sc2nc3ccccc3n2C)C(OC(C)=O)C(OC(C)=O)C1OC(C)=O. The second-order valence-corrected chi connectivity index (χ2v) is 8.69. The summed E-state index contributed by atoms with van der Waals surface area (Å²) in [5, 5.41) is 0.544. The van der Waals surface area contributed by atoms with Crippen LogP contribution in [0.1, 0.15) is 27.7 Å². The fourth-order valence-corrected chi connectivity index (χ4v) is 4.77. The number of ether oxygens (including phenoxy) is 5. The van der Waals surface area contributed by atoms with Crippen molar-refractivity contribution in [1.82, 2.24) is 9.55 Å². The lowest BCUT2D eigenvalue weighted by Crippen LogP contribution is -2.61. The van der Waals surface area contributed by atoms with Crippen molar-refractivity contribution in [3.8, 4) is 0 Å². The van der Waals surface area contributed by atoms with E-state index in [1.165, 1.54) is 27.7 Å². The summed E-state index contributed by atoms with van der Waals surface area (Å²) in [4.78, 5) is 51.7. The molecule has 0 saturated carbocycles. The first-order valence-electron chi connectivity index (χ1n) is 10.5. The van der Waals surface area contributed by atoms with Crippen LogP contribution in [0.15, 0.2) is 29.4 Å². The van der Waals surface area contributed by atoms with E-state index in [0.717, 1.165) is 22.8 Å². The number of hydrogen-bond donors (Lipinski definition) is 0. The van der Waals surface area contributed by atoms with Gasteiger partial charge in [0.1, 0.15) is 12.7 Å². The molecule has 184 valence electrons.